The van der Waals surface area contributed by atoms with Gasteiger partial charge in [0.15, 0.2) is 5.78 Å². The standard InChI is InChI=1S/C13H23N3O/c1-10(2)11(6-8-14)4-5-13(17)12-7-9-15-16(12)3/h7,9-11H,4-6,8,14H2,1-3H3. The number of hydrogen-bond donors (Lipinski definition) is 1. The van der Waals surface area contributed by atoms with Crippen molar-refractivity contribution in [1.29, 1.82) is 0 Å². The van der Waals surface area contributed by atoms with E-state index in [2.05, 4.69) is 18.9 Å². The van der Waals surface area contributed by atoms with Gasteiger partial charge in [0.1, 0.15) is 5.69 Å². The molecular formula is C13H23N3O. The SMILES string of the molecule is CC(C)C(CCN)CCC(=O)c1ccnn1C. The second-order valence-electron chi connectivity index (χ2n) is 4.88. The van der Waals surface area contributed by atoms with Gasteiger partial charge in [-0.3, -0.25) is 9.48 Å². The van der Waals surface area contributed by atoms with E-state index in [1.54, 1.807) is 24.0 Å². The van der Waals surface area contributed by atoms with Crippen molar-refractivity contribution in [2.24, 2.45) is 24.6 Å². The quantitative estimate of drug-likeness (QED) is 0.738. The highest BCUT2D eigenvalue weighted by Gasteiger charge is 2.16. The number of nitrogens with zero attached hydrogens (tertiary/aromatic N) is 2. The third kappa shape index (κ3) is 3.97. The van der Waals surface area contributed by atoms with Crippen LogP contribution < -0.4 is 5.73 Å². The van der Waals surface area contributed by atoms with Gasteiger partial charge >= 0.3 is 0 Å². The van der Waals surface area contributed by atoms with Crippen molar-refractivity contribution >= 4 is 5.78 Å². The van der Waals surface area contributed by atoms with Gasteiger partial charge in [-0.05, 0) is 37.3 Å². The highest BCUT2D eigenvalue weighted by Crippen LogP contribution is 2.21. The number of aromatic nitrogens is 2. The molecule has 0 aromatic carbocycles. The predicted octanol–water partition coefficient (Wildman–Crippen LogP) is 2.00. The lowest BCUT2D eigenvalue weighted by Crippen LogP contribution is -2.16. The number of ketones is 1. The van der Waals surface area contributed by atoms with Crippen LogP contribution in [0.3, 0.4) is 0 Å². The second-order valence-corrected chi connectivity index (χ2v) is 4.88. The first-order valence-electron chi connectivity index (χ1n) is 6.27. The van der Waals surface area contributed by atoms with E-state index in [-0.39, 0.29) is 5.78 Å². The van der Waals surface area contributed by atoms with Crippen LogP contribution in [0.1, 0.15) is 43.6 Å². The second kappa shape index (κ2) is 6.55. The van der Waals surface area contributed by atoms with Crippen molar-refractivity contribution < 1.29 is 4.79 Å². The molecule has 0 aliphatic carbocycles. The summed E-state index contributed by atoms with van der Waals surface area (Å²) in [5.74, 6) is 1.29. The molecule has 1 atom stereocenters. The number of aryl methyl sites for hydroxylation is 1. The summed E-state index contributed by atoms with van der Waals surface area (Å²) in [5, 5.41) is 4.01. The highest BCUT2D eigenvalue weighted by molar-refractivity contribution is 5.94. The Hall–Kier alpha value is -1.16. The molecule has 0 fully saturated rings. The van der Waals surface area contributed by atoms with Crippen LogP contribution in [0.15, 0.2) is 12.3 Å². The normalized spacial score (nSPS) is 13.0. The third-order valence-corrected chi connectivity index (χ3v) is 3.33. The summed E-state index contributed by atoms with van der Waals surface area (Å²) in [4.78, 5) is 12.0. The molecule has 0 aliphatic heterocycles. The monoisotopic (exact) mass is 237 g/mol. The molecule has 0 radical (unpaired) electrons. The smallest absolute Gasteiger partial charge is 0.180 e. The fourth-order valence-electron chi connectivity index (χ4n) is 2.12. The zero-order chi connectivity index (χ0) is 12.8. The summed E-state index contributed by atoms with van der Waals surface area (Å²) >= 11 is 0. The number of carbonyl (C=O) groups excluding carboxylic acids is 1. The molecule has 2 N–H and O–H groups in total. The first-order valence-corrected chi connectivity index (χ1v) is 6.27. The first kappa shape index (κ1) is 13.9. The molecule has 4 nitrogen and oxygen atoms in total. The largest absolute Gasteiger partial charge is 0.330 e. The van der Waals surface area contributed by atoms with Crippen LogP contribution in [0.25, 0.3) is 0 Å². The van der Waals surface area contributed by atoms with Gasteiger partial charge in [-0.15, -0.1) is 0 Å². The van der Waals surface area contributed by atoms with Crippen LogP contribution in [-0.2, 0) is 7.05 Å². The molecule has 17 heavy (non-hydrogen) atoms. The van der Waals surface area contributed by atoms with E-state index >= 15 is 0 Å². The Balaban J connectivity index is 2.49. The summed E-state index contributed by atoms with van der Waals surface area (Å²) in [6.45, 7) is 5.08. The lowest BCUT2D eigenvalue weighted by molar-refractivity contribution is 0.0960. The Morgan fingerprint density at radius 1 is 1.47 bits per heavy atom. The Kier molecular flexibility index (Phi) is 5.35. The van der Waals surface area contributed by atoms with Crippen LogP contribution >= 0.6 is 0 Å². The molecule has 1 heterocycles. The molecule has 1 aromatic heterocycles. The predicted molar refractivity (Wildman–Crippen MR) is 68.8 cm³/mol. The van der Waals surface area contributed by atoms with Crippen molar-refractivity contribution in [2.75, 3.05) is 6.54 Å². The zero-order valence-corrected chi connectivity index (χ0v) is 11.0. The van der Waals surface area contributed by atoms with Gasteiger partial charge in [-0.2, -0.15) is 5.10 Å². The molecule has 1 rings (SSSR count). The summed E-state index contributed by atoms with van der Waals surface area (Å²) in [5.41, 5.74) is 6.29. The maximum Gasteiger partial charge on any atom is 0.180 e. The Morgan fingerprint density at radius 2 is 2.18 bits per heavy atom. The minimum Gasteiger partial charge on any atom is -0.330 e. The molecule has 0 saturated carbocycles. The number of nitrogens with two attached hydrogens (primary N) is 1. The maximum atomic E-state index is 12.0. The molecule has 0 amide bonds. The van der Waals surface area contributed by atoms with E-state index in [1.807, 2.05) is 0 Å². The van der Waals surface area contributed by atoms with Crippen molar-refractivity contribution in [3.8, 4) is 0 Å². The van der Waals surface area contributed by atoms with Gasteiger partial charge in [0.25, 0.3) is 0 Å². The van der Waals surface area contributed by atoms with E-state index < -0.39 is 0 Å². The van der Waals surface area contributed by atoms with E-state index in [0.29, 0.717) is 30.5 Å². The average Bonchev–Trinajstić information content (AvgIpc) is 2.69. The van der Waals surface area contributed by atoms with Crippen molar-refractivity contribution in [1.82, 2.24) is 9.78 Å². The number of rotatable bonds is 7. The Bertz CT molecular complexity index is 357. The van der Waals surface area contributed by atoms with E-state index in [1.165, 1.54) is 0 Å². The summed E-state index contributed by atoms with van der Waals surface area (Å²) in [7, 11) is 1.80. The topological polar surface area (TPSA) is 60.9 Å². The van der Waals surface area contributed by atoms with E-state index in [4.69, 9.17) is 5.73 Å². The van der Waals surface area contributed by atoms with Gasteiger partial charge in [-0.1, -0.05) is 13.8 Å². The molecule has 0 aliphatic rings. The number of carbonyl (C=O) groups is 1. The van der Waals surface area contributed by atoms with Gasteiger partial charge in [0.05, 0.1) is 0 Å². The van der Waals surface area contributed by atoms with Crippen LogP contribution in [0.5, 0.6) is 0 Å². The molecule has 4 heteroatoms. The fourth-order valence-corrected chi connectivity index (χ4v) is 2.12. The molecule has 0 spiro atoms. The van der Waals surface area contributed by atoms with Crippen molar-refractivity contribution in [3.63, 3.8) is 0 Å². The van der Waals surface area contributed by atoms with Crippen LogP contribution in [0.4, 0.5) is 0 Å². The minimum absolute atomic E-state index is 0.174. The molecule has 96 valence electrons. The molecule has 1 aromatic rings. The highest BCUT2D eigenvalue weighted by atomic mass is 16.1. The van der Waals surface area contributed by atoms with Gasteiger partial charge in [0, 0.05) is 19.7 Å². The average molecular weight is 237 g/mol. The number of Topliss-reactive ketones (excluding diaryl/α,β-unsaturated/α-hetero) is 1. The molecular weight excluding hydrogens is 214 g/mol. The zero-order valence-electron chi connectivity index (χ0n) is 11.0. The van der Waals surface area contributed by atoms with Gasteiger partial charge < -0.3 is 5.73 Å². The Labute approximate surface area is 103 Å². The molecule has 1 unspecified atom stereocenters. The van der Waals surface area contributed by atoms with Gasteiger partial charge in [0.2, 0.25) is 0 Å². The Morgan fingerprint density at radius 3 is 2.65 bits per heavy atom. The summed E-state index contributed by atoms with van der Waals surface area (Å²) in [6, 6.07) is 1.77. The lowest BCUT2D eigenvalue weighted by Gasteiger charge is -2.19. The molecule has 0 bridgehead atoms. The van der Waals surface area contributed by atoms with Crippen LogP contribution in [-0.4, -0.2) is 22.1 Å². The van der Waals surface area contributed by atoms with Crippen LogP contribution in [0.2, 0.25) is 0 Å². The lowest BCUT2D eigenvalue weighted by atomic mass is 9.87. The third-order valence-electron chi connectivity index (χ3n) is 3.33. The van der Waals surface area contributed by atoms with Gasteiger partial charge in [-0.25, -0.2) is 0 Å². The fraction of sp³-hybridized carbons (Fsp3) is 0.692. The van der Waals surface area contributed by atoms with Crippen molar-refractivity contribution in [2.45, 2.75) is 33.1 Å². The summed E-state index contributed by atoms with van der Waals surface area (Å²) in [6.07, 6.45) is 4.16. The maximum absolute atomic E-state index is 12.0. The first-order chi connectivity index (χ1) is 8.06. The van der Waals surface area contributed by atoms with Crippen LogP contribution in [0, 0.1) is 11.8 Å². The summed E-state index contributed by atoms with van der Waals surface area (Å²) < 4.78 is 1.63. The molecule has 0 saturated heterocycles. The minimum atomic E-state index is 0.174. The number of hydrogen-bond acceptors (Lipinski definition) is 3. The van der Waals surface area contributed by atoms with E-state index in [9.17, 15) is 4.79 Å². The van der Waals surface area contributed by atoms with Crippen molar-refractivity contribution in [3.05, 3.63) is 18.0 Å². The van der Waals surface area contributed by atoms with E-state index in [0.717, 1.165) is 12.8 Å².